The van der Waals surface area contributed by atoms with Crippen molar-refractivity contribution in [3.63, 3.8) is 0 Å². The first-order chi connectivity index (χ1) is 8.69. The first kappa shape index (κ1) is 13.0. The quantitative estimate of drug-likeness (QED) is 0.643. The van der Waals surface area contributed by atoms with E-state index in [1.54, 1.807) is 25.8 Å². The zero-order chi connectivity index (χ0) is 13.0. The molecule has 18 heavy (non-hydrogen) atoms. The molecule has 5 heteroatoms. The number of hydrogen-bond donors (Lipinski definition) is 1. The van der Waals surface area contributed by atoms with Gasteiger partial charge in [-0.15, -0.1) is 0 Å². The van der Waals surface area contributed by atoms with Crippen LogP contribution in [0.2, 0.25) is 0 Å². The Labute approximate surface area is 110 Å². The van der Waals surface area contributed by atoms with Gasteiger partial charge in [0, 0.05) is 18.2 Å². The van der Waals surface area contributed by atoms with Crippen molar-refractivity contribution in [2.24, 2.45) is 0 Å². The van der Waals surface area contributed by atoms with Gasteiger partial charge in [0.2, 0.25) is 0 Å². The van der Waals surface area contributed by atoms with Gasteiger partial charge < -0.3 is 14.5 Å². The van der Waals surface area contributed by atoms with Crippen molar-refractivity contribution in [3.05, 3.63) is 18.2 Å². The van der Waals surface area contributed by atoms with Crippen molar-refractivity contribution in [1.29, 1.82) is 0 Å². The van der Waals surface area contributed by atoms with Crippen LogP contribution in [0.5, 0.6) is 5.75 Å². The predicted molar refractivity (Wildman–Crippen MR) is 73.3 cm³/mol. The lowest BCUT2D eigenvalue weighted by Gasteiger charge is -1.96. The van der Waals surface area contributed by atoms with Crippen molar-refractivity contribution < 1.29 is 9.53 Å². The second-order valence-electron chi connectivity index (χ2n) is 4.08. The Bertz CT molecular complexity index is 551. The van der Waals surface area contributed by atoms with Gasteiger partial charge in [-0.1, -0.05) is 11.8 Å². The first-order valence-electron chi connectivity index (χ1n) is 5.85. The molecule has 1 aromatic carbocycles. The number of benzene rings is 1. The monoisotopic (exact) mass is 264 g/mol. The number of nitrogens with one attached hydrogen (secondary N) is 1. The van der Waals surface area contributed by atoms with Crippen LogP contribution in [0.3, 0.4) is 0 Å². The Hall–Kier alpha value is -1.49. The van der Waals surface area contributed by atoms with Crippen molar-refractivity contribution in [2.75, 3.05) is 12.9 Å². The van der Waals surface area contributed by atoms with E-state index in [-0.39, 0.29) is 5.78 Å². The molecule has 0 aliphatic heterocycles. The molecule has 0 unspecified atom stereocenters. The highest BCUT2D eigenvalue weighted by Gasteiger charge is 2.04. The van der Waals surface area contributed by atoms with Crippen molar-refractivity contribution in [1.82, 2.24) is 9.97 Å². The predicted octanol–water partition coefficient (Wildman–Crippen LogP) is 3.03. The molecule has 0 aliphatic rings. The van der Waals surface area contributed by atoms with Crippen LogP contribution in [-0.2, 0) is 4.79 Å². The molecule has 0 aliphatic carbocycles. The van der Waals surface area contributed by atoms with E-state index in [2.05, 4.69) is 9.97 Å². The Balaban J connectivity index is 1.99. The summed E-state index contributed by atoms with van der Waals surface area (Å²) >= 11 is 1.64. The number of imidazole rings is 1. The largest absolute Gasteiger partial charge is 0.497 e. The second kappa shape index (κ2) is 5.91. The number of ether oxygens (including phenoxy) is 1. The van der Waals surface area contributed by atoms with Crippen LogP contribution in [0, 0.1) is 0 Å². The third-order valence-corrected chi connectivity index (χ3v) is 3.54. The highest BCUT2D eigenvalue weighted by Crippen LogP contribution is 2.23. The number of carbonyl (C=O) groups is 1. The Morgan fingerprint density at radius 1 is 1.50 bits per heavy atom. The van der Waals surface area contributed by atoms with E-state index >= 15 is 0 Å². The smallest absolute Gasteiger partial charge is 0.166 e. The van der Waals surface area contributed by atoms with Crippen LogP contribution in [0.4, 0.5) is 0 Å². The maximum Gasteiger partial charge on any atom is 0.166 e. The number of methoxy groups -OCH3 is 1. The van der Waals surface area contributed by atoms with Gasteiger partial charge in [-0.25, -0.2) is 4.98 Å². The van der Waals surface area contributed by atoms with Crippen molar-refractivity contribution in [2.45, 2.75) is 24.9 Å². The van der Waals surface area contributed by atoms with Gasteiger partial charge in [0.1, 0.15) is 11.5 Å². The van der Waals surface area contributed by atoms with E-state index in [1.165, 1.54) is 0 Å². The van der Waals surface area contributed by atoms with E-state index in [0.717, 1.165) is 34.1 Å². The second-order valence-corrected chi connectivity index (χ2v) is 5.16. The molecule has 2 rings (SSSR count). The molecule has 0 saturated heterocycles. The molecule has 1 aromatic heterocycles. The molecule has 0 bridgehead atoms. The molecule has 0 radical (unpaired) electrons. The summed E-state index contributed by atoms with van der Waals surface area (Å²) in [6, 6.07) is 5.76. The number of aromatic amines is 1. The van der Waals surface area contributed by atoms with Gasteiger partial charge in [0.05, 0.1) is 18.1 Å². The zero-order valence-electron chi connectivity index (χ0n) is 10.5. The average Bonchev–Trinajstić information content (AvgIpc) is 2.75. The minimum atomic E-state index is 0.241. The average molecular weight is 264 g/mol. The van der Waals surface area contributed by atoms with Crippen LogP contribution in [0.25, 0.3) is 11.0 Å². The molecule has 0 saturated carbocycles. The summed E-state index contributed by atoms with van der Waals surface area (Å²) in [4.78, 5) is 18.5. The molecule has 1 N–H and O–H groups in total. The molecule has 2 aromatic rings. The van der Waals surface area contributed by atoms with Crippen LogP contribution in [-0.4, -0.2) is 28.6 Å². The van der Waals surface area contributed by atoms with Crippen LogP contribution in [0.15, 0.2) is 23.4 Å². The topological polar surface area (TPSA) is 55.0 Å². The van der Waals surface area contributed by atoms with Crippen LogP contribution >= 0.6 is 11.8 Å². The van der Waals surface area contributed by atoms with Gasteiger partial charge >= 0.3 is 0 Å². The Morgan fingerprint density at radius 2 is 2.33 bits per heavy atom. The fourth-order valence-electron chi connectivity index (χ4n) is 1.65. The van der Waals surface area contributed by atoms with Gasteiger partial charge in [0.15, 0.2) is 5.16 Å². The molecule has 4 nitrogen and oxygen atoms in total. The van der Waals surface area contributed by atoms with E-state index in [1.807, 2.05) is 18.2 Å². The number of nitrogens with zero attached hydrogens (tertiary/aromatic N) is 1. The third kappa shape index (κ3) is 3.26. The standard InChI is InChI=1S/C13H16N2O2S/c1-9(16)4-3-7-18-13-14-11-6-5-10(17-2)8-12(11)15-13/h5-6,8H,3-4,7H2,1-2H3,(H,14,15). The van der Waals surface area contributed by atoms with E-state index in [9.17, 15) is 4.79 Å². The Morgan fingerprint density at radius 3 is 3.06 bits per heavy atom. The highest BCUT2D eigenvalue weighted by atomic mass is 32.2. The minimum absolute atomic E-state index is 0.241. The molecular weight excluding hydrogens is 248 g/mol. The molecule has 0 spiro atoms. The first-order valence-corrected chi connectivity index (χ1v) is 6.83. The lowest BCUT2D eigenvalue weighted by Crippen LogP contribution is -1.91. The van der Waals surface area contributed by atoms with Gasteiger partial charge in [-0.2, -0.15) is 0 Å². The molecule has 0 amide bonds. The number of fused-ring (bicyclic) bond motifs is 1. The summed E-state index contributed by atoms with van der Waals surface area (Å²) in [6.07, 6.45) is 1.53. The summed E-state index contributed by atoms with van der Waals surface area (Å²) in [7, 11) is 1.65. The molecule has 0 fully saturated rings. The number of rotatable bonds is 6. The van der Waals surface area contributed by atoms with E-state index < -0.39 is 0 Å². The van der Waals surface area contributed by atoms with Gasteiger partial charge in [-0.3, -0.25) is 0 Å². The summed E-state index contributed by atoms with van der Waals surface area (Å²) in [5.74, 6) is 1.96. The van der Waals surface area contributed by atoms with Crippen molar-refractivity contribution >= 4 is 28.6 Å². The molecule has 96 valence electrons. The van der Waals surface area contributed by atoms with E-state index in [4.69, 9.17) is 4.74 Å². The van der Waals surface area contributed by atoms with Crippen molar-refractivity contribution in [3.8, 4) is 5.75 Å². The summed E-state index contributed by atoms with van der Waals surface area (Å²) in [5, 5.41) is 0.891. The van der Waals surface area contributed by atoms with E-state index in [0.29, 0.717) is 6.42 Å². The number of Topliss-reactive ketones (excluding diaryl/α,β-unsaturated/α-hetero) is 1. The summed E-state index contributed by atoms with van der Waals surface area (Å²) < 4.78 is 5.16. The lowest BCUT2D eigenvalue weighted by molar-refractivity contribution is -0.117. The fraction of sp³-hybridized carbons (Fsp3) is 0.385. The number of ketones is 1. The summed E-state index contributed by atoms with van der Waals surface area (Å²) in [6.45, 7) is 1.62. The van der Waals surface area contributed by atoms with Gasteiger partial charge in [-0.05, 0) is 25.5 Å². The number of thioether (sulfide) groups is 1. The fourth-order valence-corrected chi connectivity index (χ4v) is 2.48. The van der Waals surface area contributed by atoms with Crippen LogP contribution < -0.4 is 4.74 Å². The molecule has 0 atom stereocenters. The lowest BCUT2D eigenvalue weighted by atomic mass is 10.3. The normalized spacial score (nSPS) is 10.8. The minimum Gasteiger partial charge on any atom is -0.497 e. The Kier molecular flexibility index (Phi) is 4.25. The SMILES string of the molecule is COc1ccc2nc(SCCCC(C)=O)[nH]c2c1. The molecule has 1 heterocycles. The number of aromatic nitrogens is 2. The maximum atomic E-state index is 10.8. The highest BCUT2D eigenvalue weighted by molar-refractivity contribution is 7.99. The number of carbonyl (C=O) groups excluding carboxylic acids is 1. The molecular formula is C13H16N2O2S. The van der Waals surface area contributed by atoms with Gasteiger partial charge in [0.25, 0.3) is 0 Å². The number of H-pyrrole nitrogens is 1. The zero-order valence-corrected chi connectivity index (χ0v) is 11.3. The summed E-state index contributed by atoms with van der Waals surface area (Å²) in [5.41, 5.74) is 1.91. The number of hydrogen-bond acceptors (Lipinski definition) is 4. The third-order valence-electron chi connectivity index (χ3n) is 2.58. The maximum absolute atomic E-state index is 10.8. The van der Waals surface area contributed by atoms with Crippen LogP contribution in [0.1, 0.15) is 19.8 Å².